The molecular weight excluding hydrogens is 290 g/mol. The van der Waals surface area contributed by atoms with Crippen LogP contribution in [0.2, 0.25) is 0 Å². The Bertz CT molecular complexity index is 657. The van der Waals surface area contributed by atoms with E-state index in [1.807, 2.05) is 40.0 Å². The number of carbonyl (C=O) groups excluding carboxylic acids is 1. The second-order valence-electron chi connectivity index (χ2n) is 6.41. The van der Waals surface area contributed by atoms with Crippen molar-refractivity contribution in [3.05, 3.63) is 54.4 Å². The van der Waals surface area contributed by atoms with Gasteiger partial charge in [-0.25, -0.2) is 0 Å². The highest BCUT2D eigenvalue weighted by Gasteiger charge is 2.47. The molecule has 0 saturated carbocycles. The van der Waals surface area contributed by atoms with Crippen molar-refractivity contribution >= 4 is 5.91 Å². The molecule has 23 heavy (non-hydrogen) atoms. The van der Waals surface area contributed by atoms with Crippen LogP contribution < -0.4 is 0 Å². The quantitative estimate of drug-likeness (QED) is 0.871. The van der Waals surface area contributed by atoms with Gasteiger partial charge in [-0.2, -0.15) is 5.10 Å². The minimum atomic E-state index is -0.422. The fourth-order valence-corrected chi connectivity index (χ4v) is 3.69. The van der Waals surface area contributed by atoms with Crippen LogP contribution in [0.3, 0.4) is 0 Å². The zero-order chi connectivity index (χ0) is 15.7. The van der Waals surface area contributed by atoms with E-state index in [1.165, 1.54) is 0 Å². The van der Waals surface area contributed by atoms with Crippen LogP contribution in [-0.2, 0) is 14.9 Å². The lowest BCUT2D eigenvalue weighted by Crippen LogP contribution is -2.58. The van der Waals surface area contributed by atoms with E-state index >= 15 is 0 Å². The molecule has 2 saturated heterocycles. The highest BCUT2D eigenvalue weighted by atomic mass is 16.5. The fourth-order valence-electron chi connectivity index (χ4n) is 3.69. The summed E-state index contributed by atoms with van der Waals surface area (Å²) in [5.41, 5.74) is 0.699. The Morgan fingerprint density at radius 3 is 2.52 bits per heavy atom. The molecular formula is C18H21N3O2. The van der Waals surface area contributed by atoms with Crippen LogP contribution in [0.25, 0.3) is 0 Å². The van der Waals surface area contributed by atoms with Gasteiger partial charge in [0.25, 0.3) is 0 Å². The van der Waals surface area contributed by atoms with Crippen LogP contribution in [0.4, 0.5) is 0 Å². The second-order valence-corrected chi connectivity index (χ2v) is 6.41. The second kappa shape index (κ2) is 5.81. The maximum Gasteiger partial charge on any atom is 0.233 e. The first-order valence-electron chi connectivity index (χ1n) is 8.21. The summed E-state index contributed by atoms with van der Waals surface area (Å²) >= 11 is 0. The number of rotatable bonds is 3. The molecule has 2 aliphatic rings. The van der Waals surface area contributed by atoms with Crippen molar-refractivity contribution in [2.45, 2.75) is 24.3 Å². The zero-order valence-electron chi connectivity index (χ0n) is 13.1. The largest absolute Gasteiger partial charge is 0.381 e. The lowest BCUT2D eigenvalue weighted by atomic mass is 9.72. The van der Waals surface area contributed by atoms with E-state index in [2.05, 4.69) is 17.2 Å². The van der Waals surface area contributed by atoms with E-state index in [1.54, 1.807) is 6.20 Å². The normalized spacial score (nSPS) is 21.0. The predicted molar refractivity (Wildman–Crippen MR) is 86.0 cm³/mol. The first kappa shape index (κ1) is 14.5. The van der Waals surface area contributed by atoms with Crippen molar-refractivity contribution in [1.82, 2.24) is 14.7 Å². The van der Waals surface area contributed by atoms with E-state index in [4.69, 9.17) is 4.74 Å². The highest BCUT2D eigenvalue weighted by Crippen LogP contribution is 2.38. The molecule has 0 radical (unpaired) electrons. The summed E-state index contributed by atoms with van der Waals surface area (Å²) in [5.74, 6) is 0.246. The summed E-state index contributed by atoms with van der Waals surface area (Å²) in [7, 11) is 0. The highest BCUT2D eigenvalue weighted by molar-refractivity contribution is 5.89. The van der Waals surface area contributed by atoms with Gasteiger partial charge in [0.1, 0.15) is 0 Å². The lowest BCUT2D eigenvalue weighted by Gasteiger charge is -2.46. The number of likely N-dealkylation sites (tertiary alicyclic amines) is 1. The third kappa shape index (κ3) is 2.45. The molecule has 1 aromatic carbocycles. The van der Waals surface area contributed by atoms with Crippen molar-refractivity contribution < 1.29 is 9.53 Å². The number of hydrogen-bond acceptors (Lipinski definition) is 3. The van der Waals surface area contributed by atoms with Crippen molar-refractivity contribution in [2.24, 2.45) is 0 Å². The maximum absolute atomic E-state index is 13.3. The fraction of sp³-hybridized carbons (Fsp3) is 0.444. The van der Waals surface area contributed by atoms with Gasteiger partial charge in [0.05, 0.1) is 11.5 Å². The Hall–Kier alpha value is -2.14. The summed E-state index contributed by atoms with van der Waals surface area (Å²) in [5, 5.41) is 4.28. The Morgan fingerprint density at radius 2 is 1.87 bits per heavy atom. The third-order valence-corrected chi connectivity index (χ3v) is 5.13. The maximum atomic E-state index is 13.3. The summed E-state index contributed by atoms with van der Waals surface area (Å²) in [6, 6.07) is 12.4. The first-order chi connectivity index (χ1) is 11.3. The van der Waals surface area contributed by atoms with Crippen molar-refractivity contribution in [3.63, 3.8) is 0 Å². The van der Waals surface area contributed by atoms with Gasteiger partial charge >= 0.3 is 0 Å². The van der Waals surface area contributed by atoms with Crippen LogP contribution in [0.15, 0.2) is 48.8 Å². The number of carbonyl (C=O) groups is 1. The van der Waals surface area contributed by atoms with E-state index in [0.717, 1.165) is 31.5 Å². The number of benzene rings is 1. The van der Waals surface area contributed by atoms with E-state index in [0.29, 0.717) is 19.3 Å². The molecule has 1 amide bonds. The van der Waals surface area contributed by atoms with Crippen molar-refractivity contribution in [2.75, 3.05) is 26.3 Å². The van der Waals surface area contributed by atoms with E-state index < -0.39 is 5.41 Å². The smallest absolute Gasteiger partial charge is 0.233 e. The number of hydrogen-bond donors (Lipinski definition) is 0. The van der Waals surface area contributed by atoms with Crippen LogP contribution in [-0.4, -0.2) is 46.9 Å². The Kier molecular flexibility index (Phi) is 3.65. The zero-order valence-corrected chi connectivity index (χ0v) is 13.1. The number of ether oxygens (including phenoxy) is 1. The molecule has 0 aliphatic carbocycles. The average Bonchev–Trinajstić information content (AvgIpc) is 3.09. The lowest BCUT2D eigenvalue weighted by molar-refractivity contribution is -0.147. The van der Waals surface area contributed by atoms with Gasteiger partial charge in [-0.3, -0.25) is 9.48 Å². The third-order valence-electron chi connectivity index (χ3n) is 5.13. The SMILES string of the molecule is O=C(N1CC(n2cccn2)C1)C1(c2ccccc2)CCOCC1. The Morgan fingerprint density at radius 1 is 1.13 bits per heavy atom. The van der Waals surface area contributed by atoms with Gasteiger partial charge in [-0.1, -0.05) is 30.3 Å². The van der Waals surface area contributed by atoms with Gasteiger partial charge in [0.15, 0.2) is 0 Å². The molecule has 2 aliphatic heterocycles. The predicted octanol–water partition coefficient (Wildman–Crippen LogP) is 2.01. The molecule has 2 fully saturated rings. The molecule has 5 nitrogen and oxygen atoms in total. The minimum absolute atomic E-state index is 0.246. The van der Waals surface area contributed by atoms with Gasteiger partial charge < -0.3 is 9.64 Å². The number of aromatic nitrogens is 2. The minimum Gasteiger partial charge on any atom is -0.381 e. The van der Waals surface area contributed by atoms with Crippen molar-refractivity contribution in [1.29, 1.82) is 0 Å². The number of nitrogens with zero attached hydrogens (tertiary/aromatic N) is 3. The molecule has 0 spiro atoms. The van der Waals surface area contributed by atoms with E-state index in [-0.39, 0.29) is 5.91 Å². The monoisotopic (exact) mass is 311 g/mol. The molecule has 3 heterocycles. The molecule has 1 aromatic heterocycles. The summed E-state index contributed by atoms with van der Waals surface area (Å²) in [6.45, 7) is 2.79. The Labute approximate surface area is 135 Å². The number of amides is 1. The van der Waals surface area contributed by atoms with Gasteiger partial charge in [0, 0.05) is 38.7 Å². The molecule has 0 N–H and O–H groups in total. The molecule has 0 atom stereocenters. The summed E-state index contributed by atoms with van der Waals surface area (Å²) in [6.07, 6.45) is 5.28. The Balaban J connectivity index is 1.55. The molecule has 4 rings (SSSR count). The van der Waals surface area contributed by atoms with Gasteiger partial charge in [-0.15, -0.1) is 0 Å². The van der Waals surface area contributed by atoms with E-state index in [9.17, 15) is 4.79 Å². The standard InChI is InChI=1S/C18H21N3O2/c22-17(20-13-16(14-20)21-10-4-9-19-21)18(7-11-23-12-8-18)15-5-2-1-3-6-15/h1-6,9-10,16H,7-8,11-14H2. The van der Waals surface area contributed by atoms with Crippen LogP contribution in [0, 0.1) is 0 Å². The summed E-state index contributed by atoms with van der Waals surface area (Å²) in [4.78, 5) is 15.2. The first-order valence-corrected chi connectivity index (χ1v) is 8.21. The average molecular weight is 311 g/mol. The summed E-state index contributed by atoms with van der Waals surface area (Å²) < 4.78 is 7.47. The van der Waals surface area contributed by atoms with Crippen LogP contribution in [0.1, 0.15) is 24.4 Å². The molecule has 0 unspecified atom stereocenters. The topological polar surface area (TPSA) is 47.4 Å². The molecule has 120 valence electrons. The molecule has 2 aromatic rings. The molecule has 5 heteroatoms. The van der Waals surface area contributed by atoms with Gasteiger partial charge in [0.2, 0.25) is 5.91 Å². The van der Waals surface area contributed by atoms with Crippen molar-refractivity contribution in [3.8, 4) is 0 Å². The van der Waals surface area contributed by atoms with Gasteiger partial charge in [-0.05, 0) is 24.5 Å². The molecule has 0 bridgehead atoms. The van der Waals surface area contributed by atoms with Crippen LogP contribution >= 0.6 is 0 Å². The van der Waals surface area contributed by atoms with Crippen LogP contribution in [0.5, 0.6) is 0 Å².